The molecule has 4 nitrogen and oxygen atoms in total. The zero-order valence-corrected chi connectivity index (χ0v) is 12.3. The van der Waals surface area contributed by atoms with Crippen LogP contribution in [0, 0.1) is 16.7 Å². The summed E-state index contributed by atoms with van der Waals surface area (Å²) in [4.78, 5) is 18.3. The molecule has 2 aliphatic heterocycles. The Labute approximate surface area is 127 Å². The number of nitriles is 1. The van der Waals surface area contributed by atoms with Gasteiger partial charge in [-0.15, -0.1) is 0 Å². The van der Waals surface area contributed by atoms with Crippen molar-refractivity contribution in [2.45, 2.75) is 51.1 Å². The molecule has 3 atom stereocenters. The summed E-state index contributed by atoms with van der Waals surface area (Å²) >= 11 is 0. The monoisotopic (exact) mass is 305 g/mol. The summed E-state index contributed by atoms with van der Waals surface area (Å²) < 4.78 is 27.0. The van der Waals surface area contributed by atoms with E-state index in [0.29, 0.717) is 5.56 Å². The molecule has 1 aromatic heterocycles. The highest BCUT2D eigenvalue weighted by atomic mass is 19.3. The Morgan fingerprint density at radius 2 is 2.27 bits per heavy atom. The molecule has 22 heavy (non-hydrogen) atoms. The molecule has 0 bridgehead atoms. The van der Waals surface area contributed by atoms with Crippen LogP contribution in [0.2, 0.25) is 0 Å². The van der Waals surface area contributed by atoms with Crippen molar-refractivity contribution < 1.29 is 13.6 Å². The van der Waals surface area contributed by atoms with E-state index in [2.05, 4.69) is 4.98 Å². The van der Waals surface area contributed by atoms with Crippen LogP contribution in [0.5, 0.6) is 0 Å². The van der Waals surface area contributed by atoms with E-state index in [1.807, 2.05) is 6.07 Å². The lowest BCUT2D eigenvalue weighted by molar-refractivity contribution is -0.146. The highest BCUT2D eigenvalue weighted by Gasteiger charge is 2.59. The summed E-state index contributed by atoms with van der Waals surface area (Å²) in [7, 11) is 0. The predicted molar refractivity (Wildman–Crippen MR) is 74.9 cm³/mol. The number of hydrogen-bond donors (Lipinski definition) is 0. The maximum atomic E-state index is 13.5. The zero-order chi connectivity index (χ0) is 15.9. The van der Waals surface area contributed by atoms with Crippen molar-refractivity contribution in [1.29, 1.82) is 5.26 Å². The summed E-state index contributed by atoms with van der Waals surface area (Å²) in [6, 6.07) is 3.34. The number of rotatable bonds is 3. The van der Waals surface area contributed by atoms with Crippen LogP contribution in [-0.4, -0.2) is 28.3 Å². The fourth-order valence-corrected chi connectivity index (χ4v) is 3.82. The molecule has 6 heteroatoms. The molecule has 116 valence electrons. The van der Waals surface area contributed by atoms with Crippen LogP contribution in [0.1, 0.15) is 49.8 Å². The van der Waals surface area contributed by atoms with Gasteiger partial charge in [0, 0.05) is 18.4 Å². The molecule has 0 aliphatic carbocycles. The molecular weight excluding hydrogens is 288 g/mol. The molecule has 3 heterocycles. The quantitative estimate of drug-likeness (QED) is 0.862. The van der Waals surface area contributed by atoms with Crippen LogP contribution in [0.4, 0.5) is 8.78 Å². The number of hydrogen-bond acceptors (Lipinski definition) is 3. The number of aromatic nitrogens is 1. The van der Waals surface area contributed by atoms with Gasteiger partial charge in [0.05, 0.1) is 11.6 Å². The topological polar surface area (TPSA) is 57.0 Å². The molecule has 0 unspecified atom stereocenters. The third kappa shape index (κ3) is 1.99. The van der Waals surface area contributed by atoms with Gasteiger partial charge in [-0.05, 0) is 37.3 Å². The van der Waals surface area contributed by atoms with Crippen molar-refractivity contribution in [1.82, 2.24) is 9.88 Å². The second-order valence-electron chi connectivity index (χ2n) is 6.09. The third-order valence-corrected chi connectivity index (χ3v) is 5.08. The fourth-order valence-electron chi connectivity index (χ4n) is 3.82. The van der Waals surface area contributed by atoms with E-state index in [-0.39, 0.29) is 24.9 Å². The second-order valence-corrected chi connectivity index (χ2v) is 6.09. The Morgan fingerprint density at radius 3 is 2.91 bits per heavy atom. The molecule has 0 aromatic carbocycles. The minimum atomic E-state index is -2.64. The summed E-state index contributed by atoms with van der Waals surface area (Å²) in [5, 5.41) is 8.97. The molecule has 0 saturated carbocycles. The summed E-state index contributed by atoms with van der Waals surface area (Å²) in [6.07, 6.45) is 2.27. The van der Waals surface area contributed by atoms with Crippen LogP contribution in [0.3, 0.4) is 0 Å². The van der Waals surface area contributed by atoms with Crippen molar-refractivity contribution >= 4 is 5.91 Å². The van der Waals surface area contributed by atoms with Gasteiger partial charge in [0.25, 0.3) is 6.43 Å². The molecular formula is C16H17F2N3O. The van der Waals surface area contributed by atoms with Crippen molar-refractivity contribution in [2.75, 3.05) is 0 Å². The van der Waals surface area contributed by atoms with Gasteiger partial charge in [-0.2, -0.15) is 5.26 Å². The molecule has 2 fully saturated rings. The average molecular weight is 305 g/mol. The van der Waals surface area contributed by atoms with E-state index in [1.165, 1.54) is 6.20 Å². The van der Waals surface area contributed by atoms with Gasteiger partial charge in [0.1, 0.15) is 11.5 Å². The van der Waals surface area contributed by atoms with Crippen molar-refractivity contribution in [3.63, 3.8) is 0 Å². The Morgan fingerprint density at radius 1 is 1.50 bits per heavy atom. The average Bonchev–Trinajstić information content (AvgIpc) is 3.06. The second kappa shape index (κ2) is 5.31. The first-order chi connectivity index (χ1) is 10.5. The Hall–Kier alpha value is -2.03. The van der Waals surface area contributed by atoms with E-state index < -0.39 is 17.7 Å². The minimum absolute atomic E-state index is 0.128. The predicted octanol–water partition coefficient (Wildman–Crippen LogP) is 3.05. The Balaban J connectivity index is 1.95. The van der Waals surface area contributed by atoms with Crippen LogP contribution in [0.15, 0.2) is 18.5 Å². The SMILES string of the molecule is CC[C@@]1(C(F)F)C[C@@H]2CC[C@H](c3cncc(C#N)c3)N2C1=O. The van der Waals surface area contributed by atoms with Gasteiger partial charge in [-0.1, -0.05) is 6.92 Å². The number of nitrogens with zero attached hydrogens (tertiary/aromatic N) is 3. The van der Waals surface area contributed by atoms with Gasteiger partial charge in [-0.25, -0.2) is 8.78 Å². The van der Waals surface area contributed by atoms with E-state index in [1.54, 1.807) is 24.1 Å². The van der Waals surface area contributed by atoms with Crippen LogP contribution in [-0.2, 0) is 4.79 Å². The Kier molecular flexibility index (Phi) is 3.59. The van der Waals surface area contributed by atoms with E-state index >= 15 is 0 Å². The first-order valence-corrected chi connectivity index (χ1v) is 7.49. The van der Waals surface area contributed by atoms with Gasteiger partial charge in [0.2, 0.25) is 5.91 Å². The largest absolute Gasteiger partial charge is 0.332 e. The van der Waals surface area contributed by atoms with Gasteiger partial charge < -0.3 is 4.90 Å². The lowest BCUT2D eigenvalue weighted by atomic mass is 9.81. The number of pyridine rings is 1. The molecule has 1 aromatic rings. The molecule has 0 radical (unpaired) electrons. The normalized spacial score (nSPS) is 30.7. The Bertz CT molecular complexity index is 643. The molecule has 0 N–H and O–H groups in total. The number of fused-ring (bicyclic) bond motifs is 1. The first-order valence-electron chi connectivity index (χ1n) is 7.49. The lowest BCUT2D eigenvalue weighted by Crippen LogP contribution is -2.40. The number of alkyl halides is 2. The highest BCUT2D eigenvalue weighted by Crippen LogP contribution is 2.52. The molecule has 0 spiro atoms. The summed E-state index contributed by atoms with van der Waals surface area (Å²) in [6.45, 7) is 1.65. The van der Waals surface area contributed by atoms with Gasteiger partial charge in [-0.3, -0.25) is 9.78 Å². The maximum Gasteiger partial charge on any atom is 0.252 e. The molecule has 1 amide bonds. The summed E-state index contributed by atoms with van der Waals surface area (Å²) in [5.74, 6) is -0.445. The molecule has 3 rings (SSSR count). The van der Waals surface area contributed by atoms with Crippen LogP contribution < -0.4 is 0 Å². The fraction of sp³-hybridized carbons (Fsp3) is 0.562. The number of halogens is 2. The minimum Gasteiger partial charge on any atom is -0.332 e. The first kappa shape index (κ1) is 14.9. The third-order valence-electron chi connectivity index (χ3n) is 5.08. The summed E-state index contributed by atoms with van der Waals surface area (Å²) in [5.41, 5.74) is -0.358. The zero-order valence-electron chi connectivity index (χ0n) is 12.3. The highest BCUT2D eigenvalue weighted by molar-refractivity contribution is 5.86. The number of carbonyl (C=O) groups excluding carboxylic acids is 1. The maximum absolute atomic E-state index is 13.5. The van der Waals surface area contributed by atoms with Gasteiger partial charge in [0.15, 0.2) is 0 Å². The number of carbonyl (C=O) groups is 1. The lowest BCUT2D eigenvalue weighted by Gasteiger charge is -2.29. The van der Waals surface area contributed by atoms with Crippen LogP contribution >= 0.6 is 0 Å². The van der Waals surface area contributed by atoms with Crippen molar-refractivity contribution in [3.8, 4) is 6.07 Å². The van der Waals surface area contributed by atoms with E-state index in [9.17, 15) is 13.6 Å². The van der Waals surface area contributed by atoms with Crippen LogP contribution in [0.25, 0.3) is 0 Å². The van der Waals surface area contributed by atoms with Crippen molar-refractivity contribution in [2.24, 2.45) is 5.41 Å². The van der Waals surface area contributed by atoms with E-state index in [4.69, 9.17) is 5.26 Å². The van der Waals surface area contributed by atoms with Crippen molar-refractivity contribution in [3.05, 3.63) is 29.6 Å². The number of amides is 1. The molecule has 2 aliphatic rings. The standard InChI is InChI=1S/C16H17F2N3O/c1-2-16(14(17)18)6-12-3-4-13(21(12)15(16)22)11-5-10(7-19)8-20-9-11/h5,8-9,12-14H,2-4,6H2,1H3/t12-,13+,16-/m0/s1. The van der Waals surface area contributed by atoms with Gasteiger partial charge >= 0.3 is 0 Å². The molecule has 2 saturated heterocycles. The van der Waals surface area contributed by atoms with E-state index in [0.717, 1.165) is 18.4 Å². The smallest absolute Gasteiger partial charge is 0.252 e.